The first kappa shape index (κ1) is 34.2. The van der Waals surface area contributed by atoms with Gasteiger partial charge in [-0.3, -0.25) is 14.4 Å². The fourth-order valence-electron chi connectivity index (χ4n) is 6.37. The Morgan fingerprint density at radius 3 is 2.49 bits per heavy atom. The number of methoxy groups -OCH3 is 1. The maximum atomic E-state index is 13.6. The Morgan fingerprint density at radius 1 is 1.08 bits per heavy atom. The second-order valence-electron chi connectivity index (χ2n) is 12.8. The SMILES string of the molecule is CO[C@H]1CCC[C@@H]1NCc1cc(C(=O)Nc2cc(-c3ccc(C#N)cc3C(=O)N3CC(F)(F)C3)cc(C3CC3)n2)c(=O)n(CC(F)(F)F)c1. The van der Waals surface area contributed by atoms with Crippen molar-refractivity contribution in [3.8, 4) is 17.2 Å². The number of ether oxygens (including phenoxy) is 1. The van der Waals surface area contributed by atoms with Crippen molar-refractivity contribution < 1.29 is 36.3 Å². The molecule has 2 atom stereocenters. The standard InChI is InChI=1S/C34H33F5N6O4/c1-49-28-4-2-3-26(28)41-14-20-10-25(32(48)44(15-20)18-34(37,38)39)30(46)43-29-12-22(11-27(42-29)21-6-7-21)23-8-5-19(13-40)9-24(23)31(47)45-16-33(35,36)17-45/h5,8-12,15,21,26,28,41H,2-4,6-7,14,16-18H2,1H3,(H,42,43,46)/t26-,28-/m0/s1. The molecule has 15 heteroatoms. The van der Waals surface area contributed by atoms with Crippen LogP contribution in [-0.4, -0.2) is 70.7 Å². The molecule has 1 aromatic carbocycles. The number of halogens is 5. The number of carbonyl (C=O) groups is 2. The van der Waals surface area contributed by atoms with E-state index in [9.17, 15) is 41.6 Å². The number of hydrogen-bond acceptors (Lipinski definition) is 7. The number of nitrogens with one attached hydrogen (secondary N) is 2. The molecule has 0 unspecified atom stereocenters. The van der Waals surface area contributed by atoms with Crippen LogP contribution in [0.3, 0.4) is 0 Å². The van der Waals surface area contributed by atoms with Gasteiger partial charge in [0.2, 0.25) is 0 Å². The maximum absolute atomic E-state index is 13.6. The summed E-state index contributed by atoms with van der Waals surface area (Å²) in [7, 11) is 1.59. The number of alkyl halides is 5. The monoisotopic (exact) mass is 684 g/mol. The Hall–Kier alpha value is -4.68. The normalized spacial score (nSPS) is 20.1. The number of hydrogen-bond donors (Lipinski definition) is 2. The summed E-state index contributed by atoms with van der Waals surface area (Å²) in [4.78, 5) is 45.6. The predicted molar refractivity (Wildman–Crippen MR) is 167 cm³/mol. The van der Waals surface area contributed by atoms with Gasteiger partial charge in [-0.25, -0.2) is 13.8 Å². The lowest BCUT2D eigenvalue weighted by atomic mass is 9.95. The minimum atomic E-state index is -4.73. The van der Waals surface area contributed by atoms with E-state index in [-0.39, 0.29) is 47.1 Å². The third-order valence-electron chi connectivity index (χ3n) is 8.96. The fourth-order valence-corrected chi connectivity index (χ4v) is 6.37. The summed E-state index contributed by atoms with van der Waals surface area (Å²) < 4.78 is 73.6. The molecule has 0 spiro atoms. The molecule has 2 saturated carbocycles. The molecule has 0 radical (unpaired) electrons. The fraction of sp³-hybridized carbons (Fsp3) is 0.441. The van der Waals surface area contributed by atoms with Crippen molar-refractivity contribution in [3.05, 3.63) is 80.9 Å². The Morgan fingerprint density at radius 2 is 1.84 bits per heavy atom. The number of benzene rings is 1. The molecule has 1 saturated heterocycles. The summed E-state index contributed by atoms with van der Waals surface area (Å²) in [5, 5.41) is 15.3. The number of likely N-dealkylation sites (tertiary alicyclic amines) is 1. The molecule has 3 aliphatic rings. The molecule has 3 fully saturated rings. The van der Waals surface area contributed by atoms with Crippen molar-refractivity contribution in [2.45, 2.75) is 75.4 Å². The zero-order valence-electron chi connectivity index (χ0n) is 26.4. The summed E-state index contributed by atoms with van der Waals surface area (Å²) in [6.07, 6.45) is 0.431. The van der Waals surface area contributed by atoms with E-state index in [1.807, 2.05) is 6.07 Å². The lowest BCUT2D eigenvalue weighted by Gasteiger charge is -2.39. The lowest BCUT2D eigenvalue weighted by molar-refractivity contribution is -0.141. The molecule has 2 aromatic heterocycles. The third-order valence-corrected chi connectivity index (χ3v) is 8.96. The van der Waals surface area contributed by atoms with Crippen molar-refractivity contribution in [2.24, 2.45) is 0 Å². The van der Waals surface area contributed by atoms with Gasteiger partial charge in [0.05, 0.1) is 30.8 Å². The van der Waals surface area contributed by atoms with Crippen molar-refractivity contribution >= 4 is 17.6 Å². The Kier molecular flexibility index (Phi) is 9.29. The average Bonchev–Trinajstić information content (AvgIpc) is 3.80. The van der Waals surface area contributed by atoms with E-state index in [1.54, 1.807) is 13.2 Å². The second kappa shape index (κ2) is 13.3. The van der Waals surface area contributed by atoms with Gasteiger partial charge in [0.1, 0.15) is 17.9 Å². The van der Waals surface area contributed by atoms with Crippen molar-refractivity contribution in [1.29, 1.82) is 5.26 Å². The molecule has 0 bridgehead atoms. The number of pyridine rings is 2. The van der Waals surface area contributed by atoms with E-state index in [4.69, 9.17) is 4.74 Å². The molecule has 6 rings (SSSR count). The second-order valence-corrected chi connectivity index (χ2v) is 12.8. The molecule has 3 aromatic rings. The smallest absolute Gasteiger partial charge is 0.380 e. The number of aromatic nitrogens is 2. The molecule has 49 heavy (non-hydrogen) atoms. The maximum Gasteiger partial charge on any atom is 0.406 e. The zero-order valence-corrected chi connectivity index (χ0v) is 26.4. The first-order chi connectivity index (χ1) is 23.2. The quantitative estimate of drug-likeness (QED) is 0.280. The number of rotatable bonds is 10. The van der Waals surface area contributed by atoms with E-state index in [2.05, 4.69) is 15.6 Å². The first-order valence-electron chi connectivity index (χ1n) is 15.8. The molecule has 3 heterocycles. The van der Waals surface area contributed by atoms with Crippen LogP contribution in [0.1, 0.15) is 75.6 Å². The van der Waals surface area contributed by atoms with Gasteiger partial charge in [-0.15, -0.1) is 0 Å². The Labute approximate surface area is 277 Å². The highest BCUT2D eigenvalue weighted by molar-refractivity contribution is 6.05. The molecule has 2 amide bonds. The molecule has 10 nitrogen and oxygen atoms in total. The number of anilines is 1. The molecule has 2 aliphatic carbocycles. The van der Waals surface area contributed by atoms with Crippen LogP contribution in [0.4, 0.5) is 27.8 Å². The van der Waals surface area contributed by atoms with Gasteiger partial charge in [0, 0.05) is 43.1 Å². The third kappa shape index (κ3) is 7.81. The topological polar surface area (TPSA) is 129 Å². The van der Waals surface area contributed by atoms with Crippen LogP contribution in [-0.2, 0) is 17.8 Å². The average molecular weight is 685 g/mol. The van der Waals surface area contributed by atoms with Gasteiger partial charge in [-0.1, -0.05) is 6.07 Å². The number of carbonyl (C=O) groups excluding carboxylic acids is 2. The van der Waals surface area contributed by atoms with Gasteiger partial charge >= 0.3 is 6.18 Å². The van der Waals surface area contributed by atoms with Crippen LogP contribution in [0, 0.1) is 11.3 Å². The minimum absolute atomic E-state index is 0.00739. The van der Waals surface area contributed by atoms with Gasteiger partial charge < -0.3 is 24.8 Å². The summed E-state index contributed by atoms with van der Waals surface area (Å²) in [5.74, 6) is -4.68. The largest absolute Gasteiger partial charge is 0.406 e. The van der Waals surface area contributed by atoms with Gasteiger partial charge in [0.15, 0.2) is 0 Å². The Balaban J connectivity index is 1.33. The highest BCUT2D eigenvalue weighted by Crippen LogP contribution is 2.41. The van der Waals surface area contributed by atoms with Crippen molar-refractivity contribution in [2.75, 3.05) is 25.5 Å². The summed E-state index contributed by atoms with van der Waals surface area (Å²) in [6, 6.07) is 10.6. The molecule has 258 valence electrons. The van der Waals surface area contributed by atoms with Crippen LogP contribution in [0.5, 0.6) is 0 Å². The molecule has 2 N–H and O–H groups in total. The van der Waals surface area contributed by atoms with Crippen LogP contribution in [0.15, 0.2) is 47.4 Å². The van der Waals surface area contributed by atoms with E-state index >= 15 is 0 Å². The van der Waals surface area contributed by atoms with Crippen molar-refractivity contribution in [3.63, 3.8) is 0 Å². The zero-order chi connectivity index (χ0) is 35.1. The van der Waals surface area contributed by atoms with Crippen LogP contribution < -0.4 is 16.2 Å². The highest BCUT2D eigenvalue weighted by atomic mass is 19.4. The minimum Gasteiger partial charge on any atom is -0.380 e. The van der Waals surface area contributed by atoms with E-state index in [0.717, 1.165) is 43.2 Å². The number of nitriles is 1. The first-order valence-corrected chi connectivity index (χ1v) is 15.8. The van der Waals surface area contributed by atoms with Crippen LogP contribution >= 0.6 is 0 Å². The van der Waals surface area contributed by atoms with Crippen LogP contribution in [0.2, 0.25) is 0 Å². The predicted octanol–water partition coefficient (Wildman–Crippen LogP) is 5.22. The Bertz CT molecular complexity index is 1880. The van der Waals surface area contributed by atoms with Crippen LogP contribution in [0.25, 0.3) is 11.1 Å². The molecular weight excluding hydrogens is 651 g/mol. The van der Waals surface area contributed by atoms with Gasteiger partial charge in [-0.2, -0.15) is 18.4 Å². The van der Waals surface area contributed by atoms with E-state index < -0.39 is 54.7 Å². The number of amides is 2. The van der Waals surface area contributed by atoms with Gasteiger partial charge in [-0.05, 0) is 79.1 Å². The van der Waals surface area contributed by atoms with E-state index in [1.165, 1.54) is 30.3 Å². The summed E-state index contributed by atoms with van der Waals surface area (Å²) >= 11 is 0. The molecule has 1 aliphatic heterocycles. The summed E-state index contributed by atoms with van der Waals surface area (Å²) in [6.45, 7) is -3.04. The van der Waals surface area contributed by atoms with E-state index in [0.29, 0.717) is 21.4 Å². The van der Waals surface area contributed by atoms with Crippen molar-refractivity contribution in [1.82, 2.24) is 19.8 Å². The molecular formula is C34H33F5N6O4. The van der Waals surface area contributed by atoms with Gasteiger partial charge in [0.25, 0.3) is 23.3 Å². The lowest BCUT2D eigenvalue weighted by Crippen LogP contribution is -2.58. The number of nitrogens with zero attached hydrogens (tertiary/aromatic N) is 4. The highest BCUT2D eigenvalue weighted by Gasteiger charge is 2.46. The summed E-state index contributed by atoms with van der Waals surface area (Å²) in [5.41, 5.74) is 0.0270.